The van der Waals surface area contributed by atoms with E-state index in [-0.39, 0.29) is 5.75 Å². The molecule has 8 heteroatoms. The molecule has 0 saturated carbocycles. The molecule has 2 aromatic rings. The summed E-state index contributed by atoms with van der Waals surface area (Å²) in [5.41, 5.74) is 2.61. The molecule has 1 aromatic carbocycles. The summed E-state index contributed by atoms with van der Waals surface area (Å²) < 4.78 is 5.12. The summed E-state index contributed by atoms with van der Waals surface area (Å²) in [4.78, 5) is 23.5. The number of imide groups is 1. The number of urea groups is 1. The zero-order chi connectivity index (χ0) is 16.1. The van der Waals surface area contributed by atoms with Crippen LogP contribution in [0.4, 0.5) is 10.5 Å². The zero-order valence-corrected chi connectivity index (χ0v) is 13.3. The fourth-order valence-corrected chi connectivity index (χ4v) is 2.26. The lowest BCUT2D eigenvalue weighted by atomic mass is 10.1. The molecule has 116 valence electrons. The number of amides is 3. The van der Waals surface area contributed by atoms with Gasteiger partial charge in [-0.05, 0) is 31.0 Å². The van der Waals surface area contributed by atoms with Crippen molar-refractivity contribution in [2.24, 2.45) is 0 Å². The number of aromatic nitrogens is 2. The Hall–Kier alpha value is -2.35. The highest BCUT2D eigenvalue weighted by atomic mass is 32.2. The van der Waals surface area contributed by atoms with Gasteiger partial charge in [0, 0.05) is 12.6 Å². The molecule has 0 bridgehead atoms. The largest absolute Gasteiger partial charge is 0.416 e. The van der Waals surface area contributed by atoms with Crippen molar-refractivity contribution in [2.45, 2.75) is 26.0 Å². The van der Waals surface area contributed by atoms with Gasteiger partial charge in [-0.2, -0.15) is 0 Å². The van der Waals surface area contributed by atoms with Gasteiger partial charge in [0.15, 0.2) is 0 Å². The molecule has 0 unspecified atom stereocenters. The van der Waals surface area contributed by atoms with Crippen molar-refractivity contribution in [3.63, 3.8) is 0 Å². The van der Waals surface area contributed by atoms with E-state index in [1.54, 1.807) is 6.92 Å². The number of carbonyl (C=O) groups is 2. The Morgan fingerprint density at radius 2 is 2.00 bits per heavy atom. The van der Waals surface area contributed by atoms with E-state index in [4.69, 9.17) is 4.42 Å². The summed E-state index contributed by atoms with van der Waals surface area (Å²) in [6.45, 7) is 5.47. The zero-order valence-electron chi connectivity index (χ0n) is 12.5. The van der Waals surface area contributed by atoms with E-state index < -0.39 is 11.9 Å². The van der Waals surface area contributed by atoms with Crippen molar-refractivity contribution in [1.29, 1.82) is 0 Å². The Bertz CT molecular complexity index is 699. The Morgan fingerprint density at radius 1 is 1.23 bits per heavy atom. The number of nitrogens with one attached hydrogen (secondary N) is 2. The number of nitrogens with zero attached hydrogens (tertiary/aromatic N) is 2. The van der Waals surface area contributed by atoms with Crippen LogP contribution in [0.2, 0.25) is 0 Å². The lowest BCUT2D eigenvalue weighted by molar-refractivity contribution is -0.117. The molecular weight excluding hydrogens is 304 g/mol. The molecule has 2 rings (SSSR count). The van der Waals surface area contributed by atoms with Crippen LogP contribution in [0.15, 0.2) is 27.8 Å². The van der Waals surface area contributed by atoms with Gasteiger partial charge in [-0.25, -0.2) is 4.79 Å². The molecule has 0 fully saturated rings. The second-order valence-electron chi connectivity index (χ2n) is 4.70. The van der Waals surface area contributed by atoms with E-state index in [1.165, 1.54) is 0 Å². The van der Waals surface area contributed by atoms with Gasteiger partial charge in [0.2, 0.25) is 11.8 Å². The number of benzene rings is 1. The predicted octanol–water partition coefficient (Wildman–Crippen LogP) is 2.44. The van der Waals surface area contributed by atoms with Gasteiger partial charge in [-0.15, -0.1) is 10.2 Å². The van der Waals surface area contributed by atoms with Crippen LogP contribution in [-0.4, -0.2) is 27.9 Å². The quantitative estimate of drug-likeness (QED) is 0.840. The molecule has 0 aliphatic heterocycles. The Kier molecular flexibility index (Phi) is 5.16. The fraction of sp³-hybridized carbons (Fsp3) is 0.286. The van der Waals surface area contributed by atoms with Crippen molar-refractivity contribution in [3.05, 3.63) is 35.2 Å². The monoisotopic (exact) mass is 320 g/mol. The first kappa shape index (κ1) is 16.0. The normalized spacial score (nSPS) is 10.3. The minimum Gasteiger partial charge on any atom is -0.416 e. The number of thioether (sulfide) groups is 1. The van der Waals surface area contributed by atoms with Gasteiger partial charge in [0.1, 0.15) is 0 Å². The molecule has 3 amide bonds. The van der Waals surface area contributed by atoms with Crippen LogP contribution in [0.5, 0.6) is 0 Å². The van der Waals surface area contributed by atoms with Crippen molar-refractivity contribution < 1.29 is 14.0 Å². The van der Waals surface area contributed by atoms with Crippen LogP contribution in [0.1, 0.15) is 17.0 Å². The molecule has 1 aromatic heterocycles. The van der Waals surface area contributed by atoms with E-state index in [9.17, 15) is 9.59 Å². The first-order valence-electron chi connectivity index (χ1n) is 6.55. The Labute approximate surface area is 131 Å². The minimum absolute atomic E-state index is 0.0157. The average Bonchev–Trinajstić information content (AvgIpc) is 2.86. The SMILES string of the molecule is Cc1ccc(C)c(NC(=O)NC(=O)CSc2nnc(C)o2)c1. The maximum absolute atomic E-state index is 11.8. The van der Waals surface area contributed by atoms with Gasteiger partial charge in [-0.3, -0.25) is 10.1 Å². The molecule has 1 heterocycles. The number of hydrogen-bond acceptors (Lipinski definition) is 6. The third-order valence-corrected chi connectivity index (χ3v) is 3.55. The molecule has 22 heavy (non-hydrogen) atoms. The lowest BCUT2D eigenvalue weighted by Crippen LogP contribution is -2.35. The van der Waals surface area contributed by atoms with Crippen LogP contribution in [0.3, 0.4) is 0 Å². The Morgan fingerprint density at radius 3 is 2.68 bits per heavy atom. The number of anilines is 1. The van der Waals surface area contributed by atoms with Crippen molar-refractivity contribution in [2.75, 3.05) is 11.1 Å². The van der Waals surface area contributed by atoms with Gasteiger partial charge in [0.25, 0.3) is 5.22 Å². The highest BCUT2D eigenvalue weighted by Gasteiger charge is 2.12. The number of hydrogen-bond donors (Lipinski definition) is 2. The van der Waals surface area contributed by atoms with E-state index in [2.05, 4.69) is 20.8 Å². The molecule has 2 N–H and O–H groups in total. The molecule has 7 nitrogen and oxygen atoms in total. The van der Waals surface area contributed by atoms with E-state index in [0.29, 0.717) is 16.8 Å². The van der Waals surface area contributed by atoms with Crippen LogP contribution in [0.25, 0.3) is 0 Å². The number of carbonyl (C=O) groups excluding carboxylic acids is 2. The molecule has 0 saturated heterocycles. The highest BCUT2D eigenvalue weighted by Crippen LogP contribution is 2.17. The van der Waals surface area contributed by atoms with Crippen LogP contribution < -0.4 is 10.6 Å². The molecule has 0 aliphatic carbocycles. The third-order valence-electron chi connectivity index (χ3n) is 2.73. The highest BCUT2D eigenvalue weighted by molar-refractivity contribution is 7.99. The summed E-state index contributed by atoms with van der Waals surface area (Å²) in [5.74, 6) is 0.00113. The van der Waals surface area contributed by atoms with Gasteiger partial charge >= 0.3 is 6.03 Å². The third kappa shape index (κ3) is 4.59. The van der Waals surface area contributed by atoms with Crippen molar-refractivity contribution in [3.8, 4) is 0 Å². The van der Waals surface area contributed by atoms with Crippen molar-refractivity contribution in [1.82, 2.24) is 15.5 Å². The second kappa shape index (κ2) is 7.08. The average molecular weight is 320 g/mol. The number of aryl methyl sites for hydroxylation is 3. The second-order valence-corrected chi connectivity index (χ2v) is 5.62. The van der Waals surface area contributed by atoms with Gasteiger partial charge in [-0.1, -0.05) is 23.9 Å². The van der Waals surface area contributed by atoms with Crippen LogP contribution in [0, 0.1) is 20.8 Å². The fourth-order valence-electron chi connectivity index (χ4n) is 1.65. The maximum Gasteiger partial charge on any atom is 0.325 e. The smallest absolute Gasteiger partial charge is 0.325 e. The molecule has 0 spiro atoms. The van der Waals surface area contributed by atoms with E-state index >= 15 is 0 Å². The molecule has 0 aliphatic rings. The summed E-state index contributed by atoms with van der Waals surface area (Å²) in [6.07, 6.45) is 0. The standard InChI is InChI=1S/C14H16N4O3S/c1-8-4-5-9(2)11(6-8)15-13(20)16-12(19)7-22-14-18-17-10(3)21-14/h4-6H,7H2,1-3H3,(H2,15,16,19,20). The van der Waals surface area contributed by atoms with E-state index in [0.717, 1.165) is 22.9 Å². The van der Waals surface area contributed by atoms with E-state index in [1.807, 2.05) is 32.0 Å². The first-order chi connectivity index (χ1) is 10.4. The first-order valence-corrected chi connectivity index (χ1v) is 7.53. The van der Waals surface area contributed by atoms with Gasteiger partial charge in [0.05, 0.1) is 5.75 Å². The predicted molar refractivity (Wildman–Crippen MR) is 82.8 cm³/mol. The summed E-state index contributed by atoms with van der Waals surface area (Å²) in [7, 11) is 0. The maximum atomic E-state index is 11.8. The minimum atomic E-state index is -0.569. The summed E-state index contributed by atoms with van der Waals surface area (Å²) in [5, 5.41) is 12.6. The van der Waals surface area contributed by atoms with Crippen molar-refractivity contribution >= 4 is 29.4 Å². The Balaban J connectivity index is 1.83. The van der Waals surface area contributed by atoms with Gasteiger partial charge < -0.3 is 9.73 Å². The number of rotatable bonds is 4. The molecular formula is C14H16N4O3S. The summed E-state index contributed by atoms with van der Waals surface area (Å²) in [6, 6.07) is 5.13. The topological polar surface area (TPSA) is 97.1 Å². The van der Waals surface area contributed by atoms with Crippen LogP contribution >= 0.6 is 11.8 Å². The molecule has 0 radical (unpaired) electrons. The lowest BCUT2D eigenvalue weighted by Gasteiger charge is -2.09. The molecule has 0 atom stereocenters. The van der Waals surface area contributed by atoms with Crippen LogP contribution in [-0.2, 0) is 4.79 Å². The summed E-state index contributed by atoms with van der Waals surface area (Å²) >= 11 is 1.07.